The lowest BCUT2D eigenvalue weighted by Gasteiger charge is -2.14. The van der Waals surface area contributed by atoms with Crippen LogP contribution in [0.4, 0.5) is 0 Å². The van der Waals surface area contributed by atoms with Crippen molar-refractivity contribution in [3.05, 3.63) is 47.2 Å². The van der Waals surface area contributed by atoms with Gasteiger partial charge < -0.3 is 5.32 Å². The van der Waals surface area contributed by atoms with Crippen molar-refractivity contribution >= 4 is 11.8 Å². The Hall–Kier alpha value is -0.890. The zero-order chi connectivity index (χ0) is 11.3. The quantitative estimate of drug-likeness (QED) is 0.731. The van der Waals surface area contributed by atoms with E-state index < -0.39 is 0 Å². The molecule has 0 aromatic heterocycles. The van der Waals surface area contributed by atoms with E-state index >= 15 is 0 Å². The summed E-state index contributed by atoms with van der Waals surface area (Å²) in [5.41, 5.74) is 5.05. The zero-order valence-corrected chi connectivity index (χ0v) is 10.6. The second kappa shape index (κ2) is 5.86. The minimum Gasteiger partial charge on any atom is -0.387 e. The third-order valence-corrected chi connectivity index (χ3v) is 2.97. The Morgan fingerprint density at radius 2 is 2.40 bits per heavy atom. The van der Waals surface area contributed by atoms with Gasteiger partial charge in [-0.05, 0) is 43.0 Å². The largest absolute Gasteiger partial charge is 0.387 e. The van der Waals surface area contributed by atoms with E-state index in [9.17, 15) is 0 Å². The summed E-state index contributed by atoms with van der Waals surface area (Å²) in [6.45, 7) is 9.25. The van der Waals surface area contributed by atoms with E-state index in [1.54, 1.807) is 0 Å². The first-order valence-corrected chi connectivity index (χ1v) is 6.49. The summed E-state index contributed by atoms with van der Waals surface area (Å²) in [6, 6.07) is 0. The van der Waals surface area contributed by atoms with Crippen molar-refractivity contribution in [3.63, 3.8) is 0 Å². The van der Waals surface area contributed by atoms with Crippen LogP contribution in [0.15, 0.2) is 47.2 Å². The van der Waals surface area contributed by atoms with Gasteiger partial charge in [0.1, 0.15) is 0 Å². The van der Waals surface area contributed by atoms with Gasteiger partial charge in [-0.3, -0.25) is 0 Å². The Morgan fingerprint density at radius 3 is 3.00 bits per heavy atom. The van der Waals surface area contributed by atoms with Crippen LogP contribution in [-0.2, 0) is 0 Å². The molecule has 15 heavy (non-hydrogen) atoms. The lowest BCUT2D eigenvalue weighted by Crippen LogP contribution is -2.15. The number of hydrogen-bond donors (Lipinski definition) is 1. The summed E-state index contributed by atoms with van der Waals surface area (Å²) in [5.74, 6) is 1.08. The Morgan fingerprint density at radius 1 is 1.67 bits per heavy atom. The third kappa shape index (κ3) is 4.00. The fraction of sp³-hybridized carbons (Fsp3) is 0.385. The van der Waals surface area contributed by atoms with E-state index in [0.717, 1.165) is 17.9 Å². The second-order valence-corrected chi connectivity index (χ2v) is 4.75. The zero-order valence-electron chi connectivity index (χ0n) is 9.76. The fourth-order valence-electron chi connectivity index (χ4n) is 1.56. The lowest BCUT2D eigenvalue weighted by molar-refractivity contribution is 0.916. The molecule has 0 bridgehead atoms. The van der Waals surface area contributed by atoms with E-state index in [1.807, 2.05) is 18.0 Å². The van der Waals surface area contributed by atoms with Gasteiger partial charge >= 0.3 is 0 Å². The molecule has 0 saturated heterocycles. The first kappa shape index (κ1) is 12.2. The Bertz CT molecular complexity index is 334. The number of thioether (sulfide) groups is 1. The van der Waals surface area contributed by atoms with Crippen LogP contribution in [-0.4, -0.2) is 18.6 Å². The Balaban J connectivity index is 2.69. The van der Waals surface area contributed by atoms with Crippen LogP contribution in [0.1, 0.15) is 13.8 Å². The van der Waals surface area contributed by atoms with E-state index in [1.165, 1.54) is 16.7 Å². The maximum Gasteiger partial charge on any atom is 0.0401 e. The number of rotatable bonds is 4. The molecule has 0 spiro atoms. The summed E-state index contributed by atoms with van der Waals surface area (Å²) in [7, 11) is 0. The van der Waals surface area contributed by atoms with Gasteiger partial charge in [-0.25, -0.2) is 0 Å². The molecule has 1 nitrogen and oxygen atoms in total. The fourth-order valence-corrected chi connectivity index (χ4v) is 2.09. The molecule has 1 heterocycles. The highest BCUT2D eigenvalue weighted by molar-refractivity contribution is 7.98. The molecule has 1 aliphatic heterocycles. The maximum atomic E-state index is 4.11. The van der Waals surface area contributed by atoms with E-state index in [2.05, 4.69) is 44.2 Å². The normalized spacial score (nSPS) is 16.6. The SMILES string of the molecule is C=C(/C=C(\C)CSC)C1=CC(C)=CNC1. The molecule has 0 radical (unpaired) electrons. The van der Waals surface area contributed by atoms with Gasteiger partial charge in [0.25, 0.3) is 0 Å². The Kier molecular flexibility index (Phi) is 4.76. The van der Waals surface area contributed by atoms with E-state index in [4.69, 9.17) is 0 Å². The van der Waals surface area contributed by atoms with Crippen molar-refractivity contribution in [2.75, 3.05) is 18.6 Å². The summed E-state index contributed by atoms with van der Waals surface area (Å²) >= 11 is 1.84. The van der Waals surface area contributed by atoms with Crippen LogP contribution in [0, 0.1) is 0 Å². The average Bonchev–Trinajstić information content (AvgIpc) is 2.18. The smallest absolute Gasteiger partial charge is 0.0401 e. The molecule has 0 atom stereocenters. The number of hydrogen-bond acceptors (Lipinski definition) is 2. The molecular formula is C13H19NS. The highest BCUT2D eigenvalue weighted by Crippen LogP contribution is 2.17. The van der Waals surface area contributed by atoms with Gasteiger partial charge in [0.2, 0.25) is 0 Å². The minimum absolute atomic E-state index is 0.888. The molecule has 0 aromatic rings. The van der Waals surface area contributed by atoms with Crippen molar-refractivity contribution in [2.45, 2.75) is 13.8 Å². The maximum absolute atomic E-state index is 4.11. The van der Waals surface area contributed by atoms with Crippen molar-refractivity contribution in [2.24, 2.45) is 0 Å². The van der Waals surface area contributed by atoms with Gasteiger partial charge in [-0.2, -0.15) is 11.8 Å². The molecule has 82 valence electrons. The van der Waals surface area contributed by atoms with Crippen LogP contribution in [0.3, 0.4) is 0 Å². The number of nitrogens with one attached hydrogen (secondary N) is 1. The molecular weight excluding hydrogens is 202 g/mol. The van der Waals surface area contributed by atoms with Crippen molar-refractivity contribution in [1.29, 1.82) is 0 Å². The molecule has 0 amide bonds. The van der Waals surface area contributed by atoms with E-state index in [0.29, 0.717) is 0 Å². The summed E-state index contributed by atoms with van der Waals surface area (Å²) in [5, 5.41) is 3.25. The average molecular weight is 221 g/mol. The van der Waals surface area contributed by atoms with Gasteiger partial charge in [0.15, 0.2) is 0 Å². The number of allylic oxidation sites excluding steroid dienone is 3. The van der Waals surface area contributed by atoms with Crippen LogP contribution >= 0.6 is 11.8 Å². The summed E-state index contributed by atoms with van der Waals surface area (Å²) in [4.78, 5) is 0. The van der Waals surface area contributed by atoms with Gasteiger partial charge in [0.05, 0.1) is 0 Å². The second-order valence-electron chi connectivity index (χ2n) is 3.89. The van der Waals surface area contributed by atoms with E-state index in [-0.39, 0.29) is 0 Å². The minimum atomic E-state index is 0.888. The van der Waals surface area contributed by atoms with Crippen LogP contribution in [0.25, 0.3) is 0 Å². The van der Waals surface area contributed by atoms with Crippen LogP contribution < -0.4 is 5.32 Å². The molecule has 0 unspecified atom stereocenters. The predicted molar refractivity (Wildman–Crippen MR) is 71.1 cm³/mol. The van der Waals surface area contributed by atoms with Gasteiger partial charge in [-0.1, -0.05) is 24.3 Å². The standard InChI is InChI=1S/C13H19NS/c1-10-6-13(8-14-7-10)12(3)5-11(2)9-15-4/h5-7,14H,3,8-9H2,1-2,4H3/b11-5+. The van der Waals surface area contributed by atoms with Crippen molar-refractivity contribution < 1.29 is 0 Å². The monoisotopic (exact) mass is 221 g/mol. The summed E-state index contributed by atoms with van der Waals surface area (Å²) < 4.78 is 0. The highest BCUT2D eigenvalue weighted by atomic mass is 32.2. The molecule has 1 rings (SSSR count). The molecule has 0 aromatic carbocycles. The van der Waals surface area contributed by atoms with Crippen molar-refractivity contribution in [3.8, 4) is 0 Å². The third-order valence-electron chi connectivity index (χ3n) is 2.23. The van der Waals surface area contributed by atoms with Crippen LogP contribution in [0.5, 0.6) is 0 Å². The molecule has 1 aliphatic rings. The highest BCUT2D eigenvalue weighted by Gasteiger charge is 2.04. The molecule has 1 N–H and O–H groups in total. The summed E-state index contributed by atoms with van der Waals surface area (Å²) in [6.07, 6.45) is 8.54. The van der Waals surface area contributed by atoms with Gasteiger partial charge in [-0.15, -0.1) is 0 Å². The lowest BCUT2D eigenvalue weighted by atomic mass is 10.0. The molecule has 0 fully saturated rings. The predicted octanol–water partition coefficient (Wildman–Crippen LogP) is 3.29. The molecule has 0 aliphatic carbocycles. The van der Waals surface area contributed by atoms with Crippen LogP contribution in [0.2, 0.25) is 0 Å². The van der Waals surface area contributed by atoms with Crippen molar-refractivity contribution in [1.82, 2.24) is 5.32 Å². The molecule has 0 saturated carbocycles. The Labute approximate surface area is 97.0 Å². The number of dihydropyridines is 1. The molecule has 2 heteroatoms. The van der Waals surface area contributed by atoms with Gasteiger partial charge in [0, 0.05) is 12.3 Å². The first-order chi connectivity index (χ1) is 7.13. The topological polar surface area (TPSA) is 12.0 Å². The first-order valence-electron chi connectivity index (χ1n) is 5.09.